The van der Waals surface area contributed by atoms with Gasteiger partial charge in [-0.2, -0.15) is 0 Å². The van der Waals surface area contributed by atoms with Gasteiger partial charge in [0.1, 0.15) is 4.83 Å². The number of nitro benzene ring substituents is 1. The minimum Gasteiger partial charge on any atom is -0.263 e. The lowest BCUT2D eigenvalue weighted by molar-refractivity contribution is -0.530. The van der Waals surface area contributed by atoms with Gasteiger partial charge in [-0.1, -0.05) is 28.1 Å². The van der Waals surface area contributed by atoms with Crippen LogP contribution in [0.25, 0.3) is 0 Å². The van der Waals surface area contributed by atoms with E-state index < -0.39 is 19.1 Å². The Morgan fingerprint density at radius 1 is 1.24 bits per heavy atom. The zero-order valence-electron chi connectivity index (χ0n) is 8.67. The monoisotopic (exact) mass is 366 g/mol. The predicted molar refractivity (Wildman–Crippen MR) is 69.1 cm³/mol. The lowest BCUT2D eigenvalue weighted by Crippen LogP contribution is -2.31. The van der Waals surface area contributed by atoms with Crippen LogP contribution in [0.3, 0.4) is 0 Å². The second-order valence-corrected chi connectivity index (χ2v) is 6.01. The summed E-state index contributed by atoms with van der Waals surface area (Å²) in [6.45, 7) is 1.41. The van der Waals surface area contributed by atoms with E-state index in [1.165, 1.54) is 31.2 Å². The molecule has 0 aliphatic heterocycles. The summed E-state index contributed by atoms with van der Waals surface area (Å²) in [5, 5.41) is 21.3. The molecule has 0 spiro atoms. The molecule has 0 saturated carbocycles. The van der Waals surface area contributed by atoms with Crippen LogP contribution in [0.1, 0.15) is 17.3 Å². The van der Waals surface area contributed by atoms with Crippen molar-refractivity contribution >= 4 is 37.5 Å². The Balaban J connectivity index is 3.02. The lowest BCUT2D eigenvalue weighted by atomic mass is 10.1. The van der Waals surface area contributed by atoms with Gasteiger partial charge in [0.05, 0.1) is 4.92 Å². The molecule has 1 aromatic rings. The Morgan fingerprint density at radius 3 is 2.06 bits per heavy atom. The highest BCUT2D eigenvalue weighted by Gasteiger charge is 2.42. The standard InChI is InChI=1S/C9H8Br2N2O4/c1-9(11,13(16)17)8(10)6-2-4-7(5-3-6)12(14)15/h2-5,8H,1H3/t8-,9+/m1/s1. The average molecular weight is 368 g/mol. The molecular weight excluding hydrogens is 360 g/mol. The number of hydrogen-bond acceptors (Lipinski definition) is 4. The van der Waals surface area contributed by atoms with E-state index in [0.717, 1.165) is 0 Å². The molecule has 92 valence electrons. The van der Waals surface area contributed by atoms with Crippen molar-refractivity contribution in [2.45, 2.75) is 16.2 Å². The molecule has 6 nitrogen and oxygen atoms in total. The molecule has 0 N–H and O–H groups in total. The maximum Gasteiger partial charge on any atom is 0.288 e. The second-order valence-electron chi connectivity index (χ2n) is 3.49. The van der Waals surface area contributed by atoms with Crippen LogP contribution in [0.4, 0.5) is 5.69 Å². The van der Waals surface area contributed by atoms with Crippen LogP contribution in [0.5, 0.6) is 0 Å². The van der Waals surface area contributed by atoms with Gasteiger partial charge in [-0.05, 0) is 5.56 Å². The fourth-order valence-corrected chi connectivity index (χ4v) is 1.90. The summed E-state index contributed by atoms with van der Waals surface area (Å²) < 4.78 is -1.37. The molecule has 0 aliphatic rings. The summed E-state index contributed by atoms with van der Waals surface area (Å²) in [6, 6.07) is 5.60. The number of rotatable bonds is 4. The molecule has 1 aromatic carbocycles. The fourth-order valence-electron chi connectivity index (χ4n) is 1.16. The first kappa shape index (κ1) is 14.0. The van der Waals surface area contributed by atoms with Crippen LogP contribution in [-0.2, 0) is 0 Å². The average Bonchev–Trinajstić information content (AvgIpc) is 2.27. The van der Waals surface area contributed by atoms with Gasteiger partial charge in [-0.25, -0.2) is 0 Å². The van der Waals surface area contributed by atoms with Crippen LogP contribution >= 0.6 is 31.9 Å². The normalized spacial score (nSPS) is 15.9. The van der Waals surface area contributed by atoms with Crippen molar-refractivity contribution in [3.8, 4) is 0 Å². The molecular formula is C9H8Br2N2O4. The molecule has 0 bridgehead atoms. The highest BCUT2D eigenvalue weighted by molar-refractivity contribution is 9.12. The van der Waals surface area contributed by atoms with Gasteiger partial charge in [0.15, 0.2) is 0 Å². The SMILES string of the molecule is C[C@@](Br)([C@H](Br)c1ccc([N+](=O)[O-])cc1)[N+](=O)[O-]. The van der Waals surface area contributed by atoms with E-state index in [-0.39, 0.29) is 5.69 Å². The summed E-state index contributed by atoms with van der Waals surface area (Å²) in [4.78, 5) is 19.7. The number of alkyl halides is 2. The maximum atomic E-state index is 10.8. The third-order valence-electron chi connectivity index (χ3n) is 2.22. The lowest BCUT2D eigenvalue weighted by Gasteiger charge is -2.19. The summed E-state index contributed by atoms with van der Waals surface area (Å²) in [5.41, 5.74) is 0.539. The topological polar surface area (TPSA) is 86.3 Å². The zero-order valence-corrected chi connectivity index (χ0v) is 11.8. The summed E-state index contributed by atoms with van der Waals surface area (Å²) in [5.74, 6) is 0. The summed E-state index contributed by atoms with van der Waals surface area (Å²) in [7, 11) is 0. The van der Waals surface area contributed by atoms with Gasteiger partial charge in [0.25, 0.3) is 10.1 Å². The van der Waals surface area contributed by atoms with Crippen LogP contribution in [0.15, 0.2) is 24.3 Å². The van der Waals surface area contributed by atoms with Crippen LogP contribution in [-0.4, -0.2) is 14.3 Å². The smallest absolute Gasteiger partial charge is 0.263 e. The molecule has 0 fully saturated rings. The van der Waals surface area contributed by atoms with Crippen LogP contribution in [0, 0.1) is 20.2 Å². The van der Waals surface area contributed by atoms with E-state index in [2.05, 4.69) is 31.9 Å². The first-order chi connectivity index (χ1) is 7.76. The third kappa shape index (κ3) is 3.01. The number of nitrogens with zero attached hydrogens (tertiary/aromatic N) is 2. The highest BCUT2D eigenvalue weighted by atomic mass is 79.9. The molecule has 0 aromatic heterocycles. The molecule has 1 rings (SSSR count). The Kier molecular flexibility index (Phi) is 4.21. The maximum absolute atomic E-state index is 10.8. The van der Waals surface area contributed by atoms with Gasteiger partial charge >= 0.3 is 0 Å². The number of hydrogen-bond donors (Lipinski definition) is 0. The van der Waals surface area contributed by atoms with Crippen molar-refractivity contribution in [3.63, 3.8) is 0 Å². The molecule has 0 heterocycles. The Morgan fingerprint density at radius 2 is 1.71 bits per heavy atom. The Labute approximate surface area is 114 Å². The minimum absolute atomic E-state index is 0.0502. The molecule has 8 heteroatoms. The quantitative estimate of drug-likeness (QED) is 0.353. The Bertz CT molecular complexity index is 447. The van der Waals surface area contributed by atoms with Crippen molar-refractivity contribution in [1.82, 2.24) is 0 Å². The van der Waals surface area contributed by atoms with E-state index in [0.29, 0.717) is 5.56 Å². The number of halogens is 2. The van der Waals surface area contributed by atoms with Crippen molar-refractivity contribution in [1.29, 1.82) is 0 Å². The van der Waals surface area contributed by atoms with Crippen molar-refractivity contribution in [2.75, 3.05) is 0 Å². The molecule has 0 radical (unpaired) electrons. The van der Waals surface area contributed by atoms with Gasteiger partial charge in [0, 0.05) is 39.9 Å². The number of benzene rings is 1. The van der Waals surface area contributed by atoms with Gasteiger partial charge in [-0.3, -0.25) is 20.2 Å². The first-order valence-corrected chi connectivity index (χ1v) is 6.19. The summed E-state index contributed by atoms with van der Waals surface area (Å²) in [6.07, 6.45) is 0. The van der Waals surface area contributed by atoms with Crippen LogP contribution in [0.2, 0.25) is 0 Å². The second kappa shape index (κ2) is 5.09. The van der Waals surface area contributed by atoms with Crippen molar-refractivity contribution in [2.24, 2.45) is 0 Å². The predicted octanol–water partition coefficient (Wildman–Crippen LogP) is 3.42. The fraction of sp³-hybridized carbons (Fsp3) is 0.333. The minimum atomic E-state index is -1.37. The zero-order chi connectivity index (χ0) is 13.2. The van der Waals surface area contributed by atoms with E-state index in [4.69, 9.17) is 0 Å². The van der Waals surface area contributed by atoms with Crippen LogP contribution < -0.4 is 0 Å². The molecule has 0 aliphatic carbocycles. The highest BCUT2D eigenvalue weighted by Crippen LogP contribution is 2.40. The number of non-ortho nitro benzene ring substituents is 1. The van der Waals surface area contributed by atoms with Gasteiger partial charge in [-0.15, -0.1) is 0 Å². The van der Waals surface area contributed by atoms with Crippen molar-refractivity contribution in [3.05, 3.63) is 50.1 Å². The number of nitro groups is 2. The largest absolute Gasteiger partial charge is 0.288 e. The summed E-state index contributed by atoms with van der Waals surface area (Å²) >= 11 is 6.23. The first-order valence-electron chi connectivity index (χ1n) is 4.48. The van der Waals surface area contributed by atoms with Gasteiger partial charge < -0.3 is 0 Å². The van der Waals surface area contributed by atoms with E-state index in [9.17, 15) is 20.2 Å². The molecule has 2 atom stereocenters. The van der Waals surface area contributed by atoms with Crippen molar-refractivity contribution < 1.29 is 9.85 Å². The van der Waals surface area contributed by atoms with Gasteiger partial charge in [0.2, 0.25) is 0 Å². The Hall–Kier alpha value is -1.02. The molecule has 0 saturated heterocycles. The van der Waals surface area contributed by atoms with E-state index in [1.54, 1.807) is 0 Å². The third-order valence-corrected chi connectivity index (χ3v) is 5.00. The molecule has 0 amide bonds. The van der Waals surface area contributed by atoms with E-state index >= 15 is 0 Å². The molecule has 17 heavy (non-hydrogen) atoms. The van der Waals surface area contributed by atoms with E-state index in [1.807, 2.05) is 0 Å². The molecule has 0 unspecified atom stereocenters.